The maximum Gasteiger partial charge on any atom is 0.259 e. The van der Waals surface area contributed by atoms with Crippen LogP contribution in [0.5, 0.6) is 0 Å². The number of thiophene rings is 1. The van der Waals surface area contributed by atoms with Crippen LogP contribution in [0.1, 0.15) is 22.8 Å². The first-order valence-corrected chi connectivity index (χ1v) is 11.0. The average molecular weight is 437 g/mol. The number of hydrogen-bond donors (Lipinski definition) is 2. The van der Waals surface area contributed by atoms with Crippen molar-refractivity contribution in [2.75, 3.05) is 37.7 Å². The van der Waals surface area contributed by atoms with E-state index in [4.69, 9.17) is 4.74 Å². The lowest BCUT2D eigenvalue weighted by atomic mass is 10.1. The topological polar surface area (TPSA) is 83.0 Å². The molecule has 0 bridgehead atoms. The molecule has 160 valence electrons. The van der Waals surface area contributed by atoms with Gasteiger partial charge in [0, 0.05) is 45.4 Å². The van der Waals surface area contributed by atoms with Crippen molar-refractivity contribution in [1.82, 2.24) is 10.7 Å². The normalized spacial score (nSPS) is 14.5. The molecule has 2 N–H and O–H groups in total. The lowest BCUT2D eigenvalue weighted by Crippen LogP contribution is -2.36. The summed E-state index contributed by atoms with van der Waals surface area (Å²) >= 11 is 1.64. The molecule has 4 rings (SSSR count). The van der Waals surface area contributed by atoms with Crippen LogP contribution >= 0.6 is 11.3 Å². The minimum Gasteiger partial charge on any atom is -0.378 e. The van der Waals surface area contributed by atoms with E-state index >= 15 is 0 Å². The Labute approximate surface area is 184 Å². The van der Waals surface area contributed by atoms with Gasteiger partial charge in [0.1, 0.15) is 0 Å². The number of nitrogens with zero attached hydrogens (tertiary/aromatic N) is 2. The van der Waals surface area contributed by atoms with Gasteiger partial charge in [-0.1, -0.05) is 18.2 Å². The van der Waals surface area contributed by atoms with Gasteiger partial charge in [0.15, 0.2) is 0 Å². The third-order valence-electron chi connectivity index (χ3n) is 5.13. The lowest BCUT2D eigenvalue weighted by molar-refractivity contribution is -0.120. The minimum atomic E-state index is -0.378. The molecule has 2 aromatic carbocycles. The molecule has 1 aliphatic rings. The van der Waals surface area contributed by atoms with E-state index in [1.165, 1.54) is 4.70 Å². The fourth-order valence-electron chi connectivity index (χ4n) is 3.41. The number of rotatable bonds is 6. The summed E-state index contributed by atoms with van der Waals surface area (Å²) in [5.74, 6) is -0.676. The standard InChI is InChI=1S/C23H24N4O3S/c1-16(20-15-31-21-5-3-2-4-19(20)21)25-26-22(28)14-24-23(29)17-6-8-18(9-7-17)27-10-12-30-13-11-27/h2-9,15H,10-14H2,1H3,(H,24,29)(H,26,28)/b25-16+. The summed E-state index contributed by atoms with van der Waals surface area (Å²) in [7, 11) is 0. The van der Waals surface area contributed by atoms with Crippen molar-refractivity contribution >= 4 is 44.6 Å². The molecule has 1 aromatic heterocycles. The Bertz CT molecular complexity index is 1100. The van der Waals surface area contributed by atoms with E-state index in [9.17, 15) is 9.59 Å². The van der Waals surface area contributed by atoms with Crippen LogP contribution in [0.4, 0.5) is 5.69 Å². The first-order valence-electron chi connectivity index (χ1n) is 10.1. The van der Waals surface area contributed by atoms with E-state index in [1.54, 1.807) is 23.5 Å². The third-order valence-corrected chi connectivity index (χ3v) is 6.10. The number of ether oxygens (including phenoxy) is 1. The number of nitrogens with one attached hydrogen (secondary N) is 2. The van der Waals surface area contributed by atoms with Crippen molar-refractivity contribution in [2.45, 2.75) is 6.92 Å². The number of hydrazone groups is 1. The van der Waals surface area contributed by atoms with Gasteiger partial charge in [0.25, 0.3) is 11.8 Å². The van der Waals surface area contributed by atoms with Crippen LogP contribution in [0.3, 0.4) is 0 Å². The monoisotopic (exact) mass is 436 g/mol. The molecule has 0 unspecified atom stereocenters. The van der Waals surface area contributed by atoms with E-state index < -0.39 is 0 Å². The molecule has 1 saturated heterocycles. The van der Waals surface area contributed by atoms with Crippen LogP contribution in [0, 0.1) is 0 Å². The summed E-state index contributed by atoms with van der Waals surface area (Å²) < 4.78 is 6.53. The number of carbonyl (C=O) groups excluding carboxylic acids is 2. The third kappa shape index (κ3) is 5.10. The Morgan fingerprint density at radius 1 is 1.10 bits per heavy atom. The number of benzene rings is 2. The molecule has 0 aliphatic carbocycles. The van der Waals surface area contributed by atoms with Gasteiger partial charge >= 0.3 is 0 Å². The molecule has 31 heavy (non-hydrogen) atoms. The molecule has 7 nitrogen and oxygen atoms in total. The van der Waals surface area contributed by atoms with E-state index in [1.807, 2.05) is 42.6 Å². The van der Waals surface area contributed by atoms with Crippen LogP contribution in [0.2, 0.25) is 0 Å². The number of anilines is 1. The second-order valence-electron chi connectivity index (χ2n) is 7.21. The highest BCUT2D eigenvalue weighted by atomic mass is 32.1. The first kappa shape index (κ1) is 21.0. The van der Waals surface area contributed by atoms with Gasteiger partial charge in [-0.3, -0.25) is 9.59 Å². The fraction of sp³-hybridized carbons (Fsp3) is 0.261. The number of carbonyl (C=O) groups is 2. The van der Waals surface area contributed by atoms with Crippen molar-refractivity contribution < 1.29 is 14.3 Å². The Balaban J connectivity index is 1.29. The van der Waals surface area contributed by atoms with Gasteiger partial charge < -0.3 is 15.0 Å². The molecule has 2 heterocycles. The molecule has 0 atom stereocenters. The van der Waals surface area contributed by atoms with Gasteiger partial charge in [-0.15, -0.1) is 11.3 Å². The highest BCUT2D eigenvalue weighted by molar-refractivity contribution is 7.17. The molecule has 3 aromatic rings. The number of morpholine rings is 1. The van der Waals surface area contributed by atoms with Crippen LogP contribution in [0.25, 0.3) is 10.1 Å². The van der Waals surface area contributed by atoms with Gasteiger partial charge in [0.05, 0.1) is 25.5 Å². The SMILES string of the molecule is C/C(=N\NC(=O)CNC(=O)c1ccc(N2CCOCC2)cc1)c1csc2ccccc12. The number of hydrogen-bond acceptors (Lipinski definition) is 6. The minimum absolute atomic E-state index is 0.148. The molecular formula is C23H24N4O3S. The summed E-state index contributed by atoms with van der Waals surface area (Å²) in [6.45, 7) is 4.80. The Morgan fingerprint density at radius 2 is 1.84 bits per heavy atom. The summed E-state index contributed by atoms with van der Waals surface area (Å²) in [4.78, 5) is 26.7. The quantitative estimate of drug-likeness (QED) is 0.460. The smallest absolute Gasteiger partial charge is 0.259 e. The zero-order chi connectivity index (χ0) is 21.6. The Kier molecular flexibility index (Phi) is 6.59. The zero-order valence-corrected chi connectivity index (χ0v) is 18.1. The lowest BCUT2D eigenvalue weighted by Gasteiger charge is -2.28. The predicted molar refractivity (Wildman–Crippen MR) is 124 cm³/mol. The van der Waals surface area contributed by atoms with E-state index in [2.05, 4.69) is 26.8 Å². The van der Waals surface area contributed by atoms with Gasteiger partial charge in [-0.25, -0.2) is 5.43 Å². The second kappa shape index (κ2) is 9.72. The van der Waals surface area contributed by atoms with E-state index in [0.717, 1.165) is 35.4 Å². The predicted octanol–water partition coefficient (Wildman–Crippen LogP) is 3.01. The van der Waals surface area contributed by atoms with Crippen molar-refractivity contribution in [2.24, 2.45) is 5.10 Å². The van der Waals surface area contributed by atoms with Crippen LogP contribution in [-0.4, -0.2) is 50.4 Å². The second-order valence-corrected chi connectivity index (χ2v) is 8.12. The van der Waals surface area contributed by atoms with Crippen molar-refractivity contribution in [1.29, 1.82) is 0 Å². The molecule has 0 saturated carbocycles. The summed E-state index contributed by atoms with van der Waals surface area (Å²) in [6, 6.07) is 15.4. The Hall–Kier alpha value is -3.23. The van der Waals surface area contributed by atoms with Crippen LogP contribution in [-0.2, 0) is 9.53 Å². The number of amides is 2. The molecule has 0 spiro atoms. The highest BCUT2D eigenvalue weighted by Crippen LogP contribution is 2.26. The zero-order valence-electron chi connectivity index (χ0n) is 17.3. The highest BCUT2D eigenvalue weighted by Gasteiger charge is 2.13. The van der Waals surface area contributed by atoms with Gasteiger partial charge in [-0.05, 0) is 37.3 Å². The van der Waals surface area contributed by atoms with Crippen molar-refractivity contribution in [3.63, 3.8) is 0 Å². The van der Waals surface area contributed by atoms with Gasteiger partial charge in [0.2, 0.25) is 0 Å². The Morgan fingerprint density at radius 3 is 2.61 bits per heavy atom. The fourth-order valence-corrected chi connectivity index (χ4v) is 4.42. The van der Waals surface area contributed by atoms with Gasteiger partial charge in [-0.2, -0.15) is 5.10 Å². The maximum atomic E-state index is 12.3. The molecule has 1 aliphatic heterocycles. The maximum absolute atomic E-state index is 12.3. The molecule has 8 heteroatoms. The summed E-state index contributed by atoms with van der Waals surface area (Å²) in [6.07, 6.45) is 0. The number of fused-ring (bicyclic) bond motifs is 1. The summed E-state index contributed by atoms with van der Waals surface area (Å²) in [5, 5.41) is 9.96. The largest absolute Gasteiger partial charge is 0.378 e. The molecule has 1 fully saturated rings. The molecular weight excluding hydrogens is 412 g/mol. The van der Waals surface area contributed by atoms with Crippen LogP contribution in [0.15, 0.2) is 59.0 Å². The van der Waals surface area contributed by atoms with E-state index in [0.29, 0.717) is 18.8 Å². The van der Waals surface area contributed by atoms with Crippen LogP contribution < -0.4 is 15.6 Å². The average Bonchev–Trinajstić information content (AvgIpc) is 3.26. The molecule has 2 amide bonds. The summed E-state index contributed by atoms with van der Waals surface area (Å²) in [5.41, 5.74) is 5.79. The molecule has 0 radical (unpaired) electrons. The first-order chi connectivity index (χ1) is 15.1. The van der Waals surface area contributed by atoms with E-state index in [-0.39, 0.29) is 18.4 Å². The van der Waals surface area contributed by atoms with Crippen molar-refractivity contribution in [3.8, 4) is 0 Å². The van der Waals surface area contributed by atoms with Crippen molar-refractivity contribution in [3.05, 3.63) is 65.0 Å².